The molecule has 4 aromatic rings. The first-order chi connectivity index (χ1) is 18.0. The summed E-state index contributed by atoms with van der Waals surface area (Å²) in [5.74, 6) is -0.751. The van der Waals surface area contributed by atoms with Crippen LogP contribution >= 0.6 is 15.9 Å². The monoisotopic (exact) mass is 557 g/mol. The van der Waals surface area contributed by atoms with Gasteiger partial charge in [0.05, 0.1) is 16.8 Å². The molecular weight excluding hydrogens is 526 g/mol. The number of benzene rings is 3. The van der Waals surface area contributed by atoms with Crippen molar-refractivity contribution in [1.82, 2.24) is 4.98 Å². The Bertz CT molecular complexity index is 1380. The van der Waals surface area contributed by atoms with Crippen LogP contribution in [0.2, 0.25) is 0 Å². The summed E-state index contributed by atoms with van der Waals surface area (Å²) in [4.78, 5) is 30.8. The third-order valence-electron chi connectivity index (χ3n) is 6.58. The van der Waals surface area contributed by atoms with Crippen molar-refractivity contribution in [2.45, 2.75) is 52.4 Å². The van der Waals surface area contributed by atoms with Gasteiger partial charge in [-0.2, -0.15) is 0 Å². The van der Waals surface area contributed by atoms with E-state index in [0.717, 1.165) is 34.0 Å². The number of ketones is 1. The van der Waals surface area contributed by atoms with Crippen LogP contribution in [0.25, 0.3) is 22.2 Å². The number of pyridine rings is 1. The Morgan fingerprint density at radius 2 is 1.62 bits per heavy atom. The van der Waals surface area contributed by atoms with E-state index < -0.39 is 5.97 Å². The highest BCUT2D eigenvalue weighted by Gasteiger charge is 2.18. The highest BCUT2D eigenvalue weighted by atomic mass is 79.9. The molecule has 37 heavy (non-hydrogen) atoms. The lowest BCUT2D eigenvalue weighted by atomic mass is 10.0. The fourth-order valence-corrected chi connectivity index (χ4v) is 4.68. The predicted molar refractivity (Wildman–Crippen MR) is 153 cm³/mol. The fraction of sp³-hybridized carbons (Fsp3) is 0.281. The Balaban J connectivity index is 1.46. The molecule has 4 nitrogen and oxygen atoms in total. The van der Waals surface area contributed by atoms with Crippen molar-refractivity contribution in [3.8, 4) is 11.3 Å². The highest BCUT2D eigenvalue weighted by molar-refractivity contribution is 9.10. The Morgan fingerprint density at radius 3 is 2.35 bits per heavy atom. The van der Waals surface area contributed by atoms with Gasteiger partial charge in [-0.05, 0) is 49.1 Å². The van der Waals surface area contributed by atoms with Crippen molar-refractivity contribution in [3.05, 3.63) is 99.5 Å². The van der Waals surface area contributed by atoms with Gasteiger partial charge in [0.2, 0.25) is 0 Å². The second kappa shape index (κ2) is 12.8. The summed E-state index contributed by atoms with van der Waals surface area (Å²) in [6, 6.07) is 22.9. The number of unbranched alkanes of at least 4 members (excludes halogenated alkanes) is 4. The Labute approximate surface area is 227 Å². The minimum Gasteiger partial charge on any atom is -0.454 e. The van der Waals surface area contributed by atoms with E-state index in [9.17, 15) is 9.59 Å². The molecule has 190 valence electrons. The summed E-state index contributed by atoms with van der Waals surface area (Å²) >= 11 is 3.46. The average Bonchev–Trinajstić information content (AvgIpc) is 2.92. The van der Waals surface area contributed by atoms with Gasteiger partial charge in [-0.25, -0.2) is 9.78 Å². The molecule has 1 heterocycles. The van der Waals surface area contributed by atoms with Gasteiger partial charge in [-0.15, -0.1) is 0 Å². The van der Waals surface area contributed by atoms with Gasteiger partial charge >= 0.3 is 5.97 Å². The van der Waals surface area contributed by atoms with Gasteiger partial charge in [-0.1, -0.05) is 103 Å². The number of rotatable bonds is 11. The van der Waals surface area contributed by atoms with Gasteiger partial charge in [0.1, 0.15) is 0 Å². The Hall–Kier alpha value is -3.31. The lowest BCUT2D eigenvalue weighted by Crippen LogP contribution is -2.15. The number of hydrogen-bond donors (Lipinski definition) is 0. The second-order valence-corrected chi connectivity index (χ2v) is 10.3. The van der Waals surface area contributed by atoms with Crippen molar-refractivity contribution in [3.63, 3.8) is 0 Å². The molecule has 0 aliphatic heterocycles. The molecule has 0 saturated heterocycles. The minimum atomic E-state index is -0.534. The topological polar surface area (TPSA) is 56.3 Å². The van der Waals surface area contributed by atoms with Gasteiger partial charge < -0.3 is 4.74 Å². The minimum absolute atomic E-state index is 0.217. The third kappa shape index (κ3) is 6.92. The summed E-state index contributed by atoms with van der Waals surface area (Å²) in [5, 5.41) is 0.710. The molecule has 3 aromatic carbocycles. The molecule has 0 unspecified atom stereocenters. The van der Waals surface area contributed by atoms with E-state index in [2.05, 4.69) is 22.9 Å². The molecule has 0 bridgehead atoms. The number of carbonyl (C=O) groups is 2. The van der Waals surface area contributed by atoms with Crippen LogP contribution in [0.15, 0.2) is 77.3 Å². The van der Waals surface area contributed by atoms with Crippen molar-refractivity contribution in [1.29, 1.82) is 0 Å². The zero-order valence-corrected chi connectivity index (χ0v) is 23.0. The smallest absolute Gasteiger partial charge is 0.339 e. The molecule has 5 heteroatoms. The molecule has 0 atom stereocenters. The van der Waals surface area contributed by atoms with Crippen molar-refractivity contribution in [2.75, 3.05) is 6.61 Å². The third-order valence-corrected chi connectivity index (χ3v) is 7.11. The maximum Gasteiger partial charge on any atom is 0.339 e. The van der Waals surface area contributed by atoms with E-state index in [1.807, 2.05) is 73.7 Å². The number of aryl methyl sites for hydroxylation is 2. The fourth-order valence-electron chi connectivity index (χ4n) is 4.41. The van der Waals surface area contributed by atoms with Crippen LogP contribution in [-0.4, -0.2) is 23.3 Å². The van der Waals surface area contributed by atoms with Crippen LogP contribution in [0.5, 0.6) is 0 Å². The number of carbonyl (C=O) groups excluding carboxylic acids is 2. The standard InChI is InChI=1S/C32H32BrNO3/c1-3-4-5-6-7-10-23-12-14-25(15-13-23)30(35)21-37-32(36)28-20-29(24-16-18-26(33)19-17-24)34-31-22(2)9-8-11-27(28)31/h8-9,11-20H,3-7,10,21H2,1-2H3. The molecule has 0 spiro atoms. The molecule has 0 aliphatic rings. The molecule has 0 N–H and O–H groups in total. The molecule has 0 fully saturated rings. The van der Waals surface area contributed by atoms with Crippen LogP contribution in [0.4, 0.5) is 0 Å². The molecule has 4 rings (SSSR count). The molecule has 0 saturated carbocycles. The molecule has 1 aromatic heterocycles. The molecule has 0 amide bonds. The van der Waals surface area contributed by atoms with Crippen molar-refractivity contribution >= 4 is 38.6 Å². The number of aromatic nitrogens is 1. The number of para-hydroxylation sites is 1. The molecule has 0 radical (unpaired) electrons. The first-order valence-electron chi connectivity index (χ1n) is 12.9. The van der Waals surface area contributed by atoms with Crippen molar-refractivity contribution in [2.24, 2.45) is 0 Å². The van der Waals surface area contributed by atoms with E-state index in [0.29, 0.717) is 22.2 Å². The zero-order chi connectivity index (χ0) is 26.2. The van der Waals surface area contributed by atoms with E-state index in [-0.39, 0.29) is 12.4 Å². The number of esters is 1. The number of nitrogens with zero attached hydrogens (tertiary/aromatic N) is 1. The first-order valence-corrected chi connectivity index (χ1v) is 13.7. The quantitative estimate of drug-likeness (QED) is 0.105. The maximum atomic E-state index is 13.2. The van der Waals surface area contributed by atoms with E-state index >= 15 is 0 Å². The largest absolute Gasteiger partial charge is 0.454 e. The number of halogens is 1. The van der Waals surface area contributed by atoms with Crippen LogP contribution < -0.4 is 0 Å². The summed E-state index contributed by atoms with van der Waals surface area (Å²) in [6.45, 7) is 3.88. The zero-order valence-electron chi connectivity index (χ0n) is 21.4. The lowest BCUT2D eigenvalue weighted by Gasteiger charge is -2.12. The van der Waals surface area contributed by atoms with Gasteiger partial charge in [0.15, 0.2) is 12.4 Å². The highest BCUT2D eigenvalue weighted by Crippen LogP contribution is 2.28. The van der Waals surface area contributed by atoms with Gasteiger partial charge in [0.25, 0.3) is 0 Å². The maximum absolute atomic E-state index is 13.2. The number of hydrogen-bond acceptors (Lipinski definition) is 4. The van der Waals surface area contributed by atoms with Crippen LogP contribution in [-0.2, 0) is 11.2 Å². The Morgan fingerprint density at radius 1 is 0.892 bits per heavy atom. The SMILES string of the molecule is CCCCCCCc1ccc(C(=O)COC(=O)c2cc(-c3ccc(Br)cc3)nc3c(C)cccc23)cc1. The average molecular weight is 559 g/mol. The van der Waals surface area contributed by atoms with E-state index in [1.165, 1.54) is 31.2 Å². The van der Waals surface area contributed by atoms with Crippen LogP contribution in [0, 0.1) is 6.92 Å². The van der Waals surface area contributed by atoms with Crippen molar-refractivity contribution < 1.29 is 14.3 Å². The van der Waals surface area contributed by atoms with Crippen LogP contribution in [0.1, 0.15) is 70.9 Å². The summed E-state index contributed by atoms with van der Waals surface area (Å²) in [6.07, 6.45) is 7.21. The normalized spacial score (nSPS) is 11.0. The molecule has 0 aliphatic carbocycles. The summed E-state index contributed by atoms with van der Waals surface area (Å²) in [5.41, 5.74) is 5.45. The first kappa shape index (κ1) is 26.7. The number of fused-ring (bicyclic) bond motifs is 1. The second-order valence-electron chi connectivity index (χ2n) is 9.39. The summed E-state index contributed by atoms with van der Waals surface area (Å²) < 4.78 is 6.48. The van der Waals surface area contributed by atoms with Gasteiger partial charge in [0, 0.05) is 21.0 Å². The molecular formula is C32H32BrNO3. The summed E-state index contributed by atoms with van der Waals surface area (Å²) in [7, 11) is 0. The van der Waals surface area contributed by atoms with E-state index in [4.69, 9.17) is 9.72 Å². The number of ether oxygens (including phenoxy) is 1. The predicted octanol–water partition coefficient (Wildman–Crippen LogP) is 8.53. The Kier molecular flexibility index (Phi) is 9.24. The van der Waals surface area contributed by atoms with Crippen LogP contribution in [0.3, 0.4) is 0 Å². The van der Waals surface area contributed by atoms with E-state index in [1.54, 1.807) is 6.07 Å². The lowest BCUT2D eigenvalue weighted by molar-refractivity contribution is 0.0476. The van der Waals surface area contributed by atoms with Gasteiger partial charge in [-0.3, -0.25) is 4.79 Å². The number of Topliss-reactive ketones (excluding diaryl/α,β-unsaturated/α-hetero) is 1.